The van der Waals surface area contributed by atoms with Crippen LogP contribution in [0.1, 0.15) is 90.0 Å². The molecule has 0 aliphatic heterocycles. The molecule has 0 unspecified atom stereocenters. The first-order valence-corrected chi connectivity index (χ1v) is 13.4. The number of hydrogen-bond donors (Lipinski definition) is 0. The minimum atomic E-state index is -4.60. The van der Waals surface area contributed by atoms with Gasteiger partial charge in [-0.3, -0.25) is 0 Å². The fourth-order valence-corrected chi connectivity index (χ4v) is 4.27. The molecular weight excluding hydrogens is 455 g/mol. The van der Waals surface area contributed by atoms with Gasteiger partial charge in [-0.2, -0.15) is 13.2 Å². The van der Waals surface area contributed by atoms with Crippen LogP contribution in [-0.4, -0.2) is 57.3 Å². The van der Waals surface area contributed by atoms with E-state index < -0.39 is 12.0 Å². The Morgan fingerprint density at radius 3 is 1.77 bits per heavy atom. The molecule has 0 aliphatic rings. The number of hydrogen-bond acceptors (Lipinski definition) is 4. The Balaban J connectivity index is 2.24. The van der Waals surface area contributed by atoms with Crippen molar-refractivity contribution in [2.45, 2.75) is 103 Å². The zero-order chi connectivity index (χ0) is 26.0. The van der Waals surface area contributed by atoms with Crippen LogP contribution in [-0.2, 0) is 15.9 Å². The first-order valence-electron chi connectivity index (χ1n) is 13.4. The van der Waals surface area contributed by atoms with Gasteiger partial charge in [-0.15, -0.1) is 0 Å². The summed E-state index contributed by atoms with van der Waals surface area (Å²) in [7, 11) is 2.04. The van der Waals surface area contributed by atoms with E-state index in [-0.39, 0.29) is 12.8 Å². The predicted octanol–water partition coefficient (Wildman–Crippen LogP) is 7.79. The average molecular weight is 504 g/mol. The van der Waals surface area contributed by atoms with E-state index >= 15 is 0 Å². The normalized spacial score (nSPS) is 12.5. The van der Waals surface area contributed by atoms with Crippen LogP contribution < -0.4 is 4.74 Å². The Morgan fingerprint density at radius 1 is 0.743 bits per heavy atom. The second-order valence-corrected chi connectivity index (χ2v) is 9.27. The zero-order valence-corrected chi connectivity index (χ0v) is 22.4. The summed E-state index contributed by atoms with van der Waals surface area (Å²) < 4.78 is 55.1. The van der Waals surface area contributed by atoms with E-state index in [0.717, 1.165) is 45.2 Å². The molecule has 0 fully saturated rings. The number of aryl methyl sites for hydroxylation is 1. The van der Waals surface area contributed by atoms with Crippen LogP contribution >= 0.6 is 0 Å². The highest BCUT2D eigenvalue weighted by atomic mass is 19.4. The zero-order valence-electron chi connectivity index (χ0n) is 22.4. The maximum atomic E-state index is 13.3. The van der Waals surface area contributed by atoms with Crippen molar-refractivity contribution in [3.63, 3.8) is 0 Å². The number of unbranched alkanes of at least 4 members (excludes halogenated alkanes) is 9. The summed E-state index contributed by atoms with van der Waals surface area (Å²) in [6.45, 7) is 7.98. The predicted molar refractivity (Wildman–Crippen MR) is 137 cm³/mol. The van der Waals surface area contributed by atoms with Gasteiger partial charge in [0.2, 0.25) is 0 Å². The lowest BCUT2D eigenvalue weighted by atomic mass is 10.0. The van der Waals surface area contributed by atoms with E-state index in [0.29, 0.717) is 6.61 Å². The first-order chi connectivity index (χ1) is 16.8. The van der Waals surface area contributed by atoms with Crippen LogP contribution in [0.15, 0.2) is 24.3 Å². The van der Waals surface area contributed by atoms with Crippen molar-refractivity contribution in [3.8, 4) is 5.75 Å². The van der Waals surface area contributed by atoms with Gasteiger partial charge in [0.05, 0.1) is 0 Å². The highest BCUT2D eigenvalue weighted by molar-refractivity contribution is 5.27. The molecule has 0 amide bonds. The van der Waals surface area contributed by atoms with E-state index in [4.69, 9.17) is 4.74 Å². The molecule has 0 spiro atoms. The highest BCUT2D eigenvalue weighted by Gasteiger charge is 2.56. The number of alkyl halides is 3. The van der Waals surface area contributed by atoms with Crippen LogP contribution in [0, 0.1) is 0 Å². The molecule has 1 rings (SSSR count). The van der Waals surface area contributed by atoms with E-state index in [2.05, 4.69) is 28.2 Å². The van der Waals surface area contributed by atoms with Gasteiger partial charge in [-0.25, -0.2) is 0 Å². The van der Waals surface area contributed by atoms with Gasteiger partial charge in [0.1, 0.15) is 12.4 Å². The van der Waals surface area contributed by atoms with Crippen LogP contribution in [0.25, 0.3) is 0 Å². The average Bonchev–Trinajstić information content (AvgIpc) is 2.85. The third-order valence-corrected chi connectivity index (χ3v) is 6.71. The summed E-state index contributed by atoms with van der Waals surface area (Å²) in [6.07, 6.45) is 8.68. The van der Waals surface area contributed by atoms with Crippen molar-refractivity contribution >= 4 is 0 Å². The van der Waals surface area contributed by atoms with Crippen molar-refractivity contribution < 1.29 is 27.4 Å². The number of halogens is 3. The van der Waals surface area contributed by atoms with Crippen LogP contribution in [0.3, 0.4) is 0 Å². The number of benzene rings is 1. The molecular formula is C28H48F3NO3. The third kappa shape index (κ3) is 12.5. The third-order valence-electron chi connectivity index (χ3n) is 6.71. The largest absolute Gasteiger partial charge is 0.492 e. The maximum absolute atomic E-state index is 13.3. The van der Waals surface area contributed by atoms with E-state index in [1.165, 1.54) is 64.2 Å². The second kappa shape index (κ2) is 18.0. The van der Waals surface area contributed by atoms with Gasteiger partial charge < -0.3 is 19.1 Å². The quantitative estimate of drug-likeness (QED) is 0.127. The van der Waals surface area contributed by atoms with Crippen molar-refractivity contribution in [1.29, 1.82) is 0 Å². The monoisotopic (exact) mass is 503 g/mol. The fraction of sp³-hybridized carbons (Fsp3) is 0.786. The molecule has 204 valence electrons. The molecule has 7 heteroatoms. The van der Waals surface area contributed by atoms with Crippen LogP contribution in [0.5, 0.6) is 5.75 Å². The van der Waals surface area contributed by atoms with Crippen LogP contribution in [0.2, 0.25) is 0 Å². The number of rotatable bonds is 21. The standard InChI is InChI=1S/C28H48F3NO3/c1-5-7-8-9-10-11-12-13-14-15-22-32(6-2)23-24-35-26-18-16-25(17-19-26)20-21-27(33-3,34-4)28(29,30)31/h16-19H,5-15,20-24H2,1-4H3. The molecule has 0 heterocycles. The van der Waals surface area contributed by atoms with E-state index in [1.807, 2.05) is 12.1 Å². The Morgan fingerprint density at radius 2 is 1.29 bits per heavy atom. The molecule has 0 radical (unpaired) electrons. The molecule has 0 N–H and O–H groups in total. The summed E-state index contributed by atoms with van der Waals surface area (Å²) in [5.74, 6) is -1.86. The smallest absolute Gasteiger partial charge is 0.443 e. The summed E-state index contributed by atoms with van der Waals surface area (Å²) in [5.41, 5.74) is 0.774. The van der Waals surface area contributed by atoms with Crippen molar-refractivity contribution in [2.24, 2.45) is 0 Å². The minimum Gasteiger partial charge on any atom is -0.492 e. The number of likely N-dealkylation sites (N-methyl/N-ethyl adjacent to an activating group) is 1. The molecule has 0 atom stereocenters. The molecule has 0 bridgehead atoms. The lowest BCUT2D eigenvalue weighted by molar-refractivity contribution is -0.368. The van der Waals surface area contributed by atoms with Gasteiger partial charge >= 0.3 is 6.18 Å². The van der Waals surface area contributed by atoms with Crippen LogP contribution in [0.4, 0.5) is 13.2 Å². The Bertz CT molecular complexity index is 633. The number of nitrogens with zero attached hydrogens (tertiary/aromatic N) is 1. The van der Waals surface area contributed by atoms with E-state index in [9.17, 15) is 13.2 Å². The molecule has 4 nitrogen and oxygen atoms in total. The number of methoxy groups -OCH3 is 2. The lowest BCUT2D eigenvalue weighted by Crippen LogP contribution is -2.49. The lowest BCUT2D eigenvalue weighted by Gasteiger charge is -2.32. The SMILES string of the molecule is CCCCCCCCCCCCN(CC)CCOc1ccc(CCC(OC)(OC)C(F)(F)F)cc1. The second-order valence-electron chi connectivity index (χ2n) is 9.27. The highest BCUT2D eigenvalue weighted by Crippen LogP contribution is 2.37. The maximum Gasteiger partial charge on any atom is 0.443 e. The molecule has 0 saturated heterocycles. The van der Waals surface area contributed by atoms with Crippen molar-refractivity contribution in [1.82, 2.24) is 4.90 Å². The Hall–Kier alpha value is -1.31. The minimum absolute atomic E-state index is 0.184. The summed E-state index contributed by atoms with van der Waals surface area (Å²) in [5, 5.41) is 0. The molecule has 0 aromatic heterocycles. The van der Waals surface area contributed by atoms with Gasteiger partial charge in [0.15, 0.2) is 0 Å². The van der Waals surface area contributed by atoms with E-state index in [1.54, 1.807) is 12.1 Å². The van der Waals surface area contributed by atoms with Gasteiger partial charge in [-0.1, -0.05) is 83.8 Å². The Labute approximate surface area is 211 Å². The van der Waals surface area contributed by atoms with Gasteiger partial charge in [0.25, 0.3) is 5.79 Å². The molecule has 0 aliphatic carbocycles. The van der Waals surface area contributed by atoms with Gasteiger partial charge in [-0.05, 0) is 43.6 Å². The first kappa shape index (κ1) is 31.7. The summed E-state index contributed by atoms with van der Waals surface area (Å²) in [4.78, 5) is 2.41. The Kier molecular flexibility index (Phi) is 16.3. The molecule has 0 saturated carbocycles. The number of ether oxygens (including phenoxy) is 3. The van der Waals surface area contributed by atoms with Gasteiger partial charge in [0, 0.05) is 27.2 Å². The topological polar surface area (TPSA) is 30.9 Å². The van der Waals surface area contributed by atoms with Crippen molar-refractivity contribution in [2.75, 3.05) is 40.5 Å². The molecule has 1 aromatic rings. The fourth-order valence-electron chi connectivity index (χ4n) is 4.27. The summed E-state index contributed by atoms with van der Waals surface area (Å²) in [6, 6.07) is 7.21. The summed E-state index contributed by atoms with van der Waals surface area (Å²) >= 11 is 0. The van der Waals surface area contributed by atoms with Crippen molar-refractivity contribution in [3.05, 3.63) is 29.8 Å². The molecule has 1 aromatic carbocycles. The molecule has 35 heavy (non-hydrogen) atoms.